The minimum atomic E-state index is 0. The van der Waals surface area contributed by atoms with Crippen LogP contribution in [0.5, 0.6) is 11.5 Å². The third-order valence-corrected chi connectivity index (χ3v) is 5.48. The normalized spacial score (nSPS) is 19.8. The lowest BCUT2D eigenvalue weighted by molar-refractivity contribution is 0.0213. The highest BCUT2D eigenvalue weighted by molar-refractivity contribution is 6.33. The van der Waals surface area contributed by atoms with Crippen LogP contribution in [0.25, 0.3) is 0 Å². The van der Waals surface area contributed by atoms with E-state index in [1.54, 1.807) is 14.2 Å². The van der Waals surface area contributed by atoms with Gasteiger partial charge < -0.3 is 19.5 Å². The molecule has 2 fully saturated rings. The second-order valence-corrected chi connectivity index (χ2v) is 6.76. The third-order valence-electron chi connectivity index (χ3n) is 5.09. The molecule has 1 aromatic rings. The molecule has 8 heteroatoms. The standard InChI is InChI=1S/C18H27ClN2O3.2ClH/c1-22-15-4-3-14(16(19)18(15)23-2)17(13-5-11-24-12-6-13)21-9-7-20-8-10-21;;/h3-4,13,17,20H,5-12H2,1-2H3;2*1H/t17-;;/m1../s1. The van der Waals surface area contributed by atoms with Gasteiger partial charge in [-0.1, -0.05) is 17.7 Å². The molecule has 3 rings (SSSR count). The highest BCUT2D eigenvalue weighted by Crippen LogP contribution is 2.44. The van der Waals surface area contributed by atoms with Crippen LogP contribution in [0.4, 0.5) is 0 Å². The van der Waals surface area contributed by atoms with Crippen LogP contribution >= 0.6 is 36.4 Å². The van der Waals surface area contributed by atoms with Gasteiger partial charge in [0, 0.05) is 45.4 Å². The van der Waals surface area contributed by atoms with E-state index in [2.05, 4.69) is 16.3 Å². The zero-order valence-electron chi connectivity index (χ0n) is 15.3. The molecular formula is C18H29Cl3N2O3. The van der Waals surface area contributed by atoms with Gasteiger partial charge in [-0.15, -0.1) is 24.8 Å². The van der Waals surface area contributed by atoms with Crippen molar-refractivity contribution in [3.8, 4) is 11.5 Å². The summed E-state index contributed by atoms with van der Waals surface area (Å²) >= 11 is 6.75. The fraction of sp³-hybridized carbons (Fsp3) is 0.667. The minimum absolute atomic E-state index is 0. The van der Waals surface area contributed by atoms with E-state index >= 15 is 0 Å². The number of nitrogens with zero attached hydrogens (tertiary/aromatic N) is 1. The van der Waals surface area contributed by atoms with E-state index in [9.17, 15) is 0 Å². The quantitative estimate of drug-likeness (QED) is 0.778. The number of ether oxygens (including phenoxy) is 3. The molecule has 5 nitrogen and oxygen atoms in total. The van der Waals surface area contributed by atoms with Crippen LogP contribution < -0.4 is 14.8 Å². The first-order chi connectivity index (χ1) is 11.8. The van der Waals surface area contributed by atoms with Gasteiger partial charge in [-0.25, -0.2) is 0 Å². The summed E-state index contributed by atoms with van der Waals surface area (Å²) in [5, 5.41) is 4.11. The summed E-state index contributed by atoms with van der Waals surface area (Å²) in [7, 11) is 3.28. The van der Waals surface area contributed by atoms with Crippen molar-refractivity contribution in [3.05, 3.63) is 22.7 Å². The van der Waals surface area contributed by atoms with E-state index in [4.69, 9.17) is 25.8 Å². The lowest BCUT2D eigenvalue weighted by Crippen LogP contribution is -2.47. The molecule has 1 N–H and O–H groups in total. The van der Waals surface area contributed by atoms with Gasteiger partial charge in [-0.05, 0) is 30.4 Å². The molecule has 2 saturated heterocycles. The Balaban J connectivity index is 0.00000169. The Bertz CT molecular complexity index is 533. The monoisotopic (exact) mass is 426 g/mol. The molecule has 0 bridgehead atoms. The van der Waals surface area contributed by atoms with Gasteiger partial charge in [0.05, 0.1) is 19.2 Å². The number of benzene rings is 1. The average molecular weight is 428 g/mol. The van der Waals surface area contributed by atoms with Crippen LogP contribution in [0.15, 0.2) is 12.1 Å². The molecule has 0 amide bonds. The molecule has 0 saturated carbocycles. The molecule has 2 aliphatic heterocycles. The van der Waals surface area contributed by atoms with E-state index in [-0.39, 0.29) is 24.8 Å². The van der Waals surface area contributed by atoms with E-state index in [0.717, 1.165) is 57.8 Å². The van der Waals surface area contributed by atoms with Crippen LogP contribution in [0.1, 0.15) is 24.4 Å². The van der Waals surface area contributed by atoms with Gasteiger partial charge in [0.25, 0.3) is 0 Å². The summed E-state index contributed by atoms with van der Waals surface area (Å²) in [5.41, 5.74) is 1.14. The Hall–Kier alpha value is -0.430. The summed E-state index contributed by atoms with van der Waals surface area (Å²) < 4.78 is 16.5. The molecule has 150 valence electrons. The molecule has 0 aliphatic carbocycles. The van der Waals surface area contributed by atoms with E-state index in [1.165, 1.54) is 0 Å². The first-order valence-electron chi connectivity index (χ1n) is 8.69. The van der Waals surface area contributed by atoms with Crippen molar-refractivity contribution in [3.63, 3.8) is 0 Å². The average Bonchev–Trinajstić information content (AvgIpc) is 2.65. The maximum absolute atomic E-state index is 6.75. The minimum Gasteiger partial charge on any atom is -0.493 e. The van der Waals surface area contributed by atoms with Gasteiger partial charge in [0.2, 0.25) is 0 Å². The summed E-state index contributed by atoms with van der Waals surface area (Å²) in [5.74, 6) is 1.86. The van der Waals surface area contributed by atoms with Crippen molar-refractivity contribution in [2.45, 2.75) is 18.9 Å². The number of halogens is 3. The van der Waals surface area contributed by atoms with Gasteiger partial charge in [-0.3, -0.25) is 4.90 Å². The van der Waals surface area contributed by atoms with Crippen molar-refractivity contribution in [1.29, 1.82) is 0 Å². The number of piperazine rings is 1. The Morgan fingerprint density at radius 3 is 2.35 bits per heavy atom. The molecule has 0 radical (unpaired) electrons. The highest BCUT2D eigenvalue weighted by Gasteiger charge is 2.33. The van der Waals surface area contributed by atoms with Crippen LogP contribution in [0.3, 0.4) is 0 Å². The first kappa shape index (κ1) is 23.6. The molecule has 26 heavy (non-hydrogen) atoms. The first-order valence-corrected chi connectivity index (χ1v) is 9.07. The third kappa shape index (κ3) is 5.09. The van der Waals surface area contributed by atoms with Crippen molar-refractivity contribution in [2.24, 2.45) is 5.92 Å². The zero-order chi connectivity index (χ0) is 16.9. The van der Waals surface area contributed by atoms with Gasteiger partial charge >= 0.3 is 0 Å². The maximum Gasteiger partial charge on any atom is 0.179 e. The molecular weight excluding hydrogens is 399 g/mol. The van der Waals surface area contributed by atoms with Gasteiger partial charge in [0.15, 0.2) is 11.5 Å². The summed E-state index contributed by atoms with van der Waals surface area (Å²) in [6.45, 7) is 5.77. The zero-order valence-corrected chi connectivity index (χ0v) is 17.7. The highest BCUT2D eigenvalue weighted by atomic mass is 35.5. The van der Waals surface area contributed by atoms with Crippen molar-refractivity contribution in [1.82, 2.24) is 10.2 Å². The Morgan fingerprint density at radius 2 is 1.77 bits per heavy atom. The molecule has 0 spiro atoms. The smallest absolute Gasteiger partial charge is 0.179 e. The predicted molar refractivity (Wildman–Crippen MR) is 110 cm³/mol. The van der Waals surface area contributed by atoms with Crippen LogP contribution in [0.2, 0.25) is 5.02 Å². The number of hydrogen-bond donors (Lipinski definition) is 1. The van der Waals surface area contributed by atoms with E-state index < -0.39 is 0 Å². The maximum atomic E-state index is 6.75. The second kappa shape index (κ2) is 11.4. The topological polar surface area (TPSA) is 43.0 Å². The summed E-state index contributed by atoms with van der Waals surface area (Å²) in [6, 6.07) is 4.36. The molecule has 0 aromatic heterocycles. The number of hydrogen-bond acceptors (Lipinski definition) is 5. The van der Waals surface area contributed by atoms with Crippen LogP contribution in [-0.2, 0) is 4.74 Å². The van der Waals surface area contributed by atoms with Crippen LogP contribution in [0, 0.1) is 5.92 Å². The van der Waals surface area contributed by atoms with Gasteiger partial charge in [0.1, 0.15) is 0 Å². The summed E-state index contributed by atoms with van der Waals surface area (Å²) in [6.07, 6.45) is 2.14. The van der Waals surface area contributed by atoms with Crippen molar-refractivity contribution >= 4 is 36.4 Å². The molecule has 1 atom stereocenters. The Labute approximate surface area is 173 Å². The fourth-order valence-corrected chi connectivity index (χ4v) is 4.22. The largest absolute Gasteiger partial charge is 0.493 e. The van der Waals surface area contributed by atoms with Gasteiger partial charge in [-0.2, -0.15) is 0 Å². The van der Waals surface area contributed by atoms with Crippen molar-refractivity contribution < 1.29 is 14.2 Å². The predicted octanol–water partition coefficient (Wildman–Crippen LogP) is 3.57. The number of rotatable bonds is 5. The molecule has 2 aliphatic rings. The summed E-state index contributed by atoms with van der Waals surface area (Å²) in [4.78, 5) is 2.56. The fourth-order valence-electron chi connectivity index (χ4n) is 3.87. The van der Waals surface area contributed by atoms with E-state index in [0.29, 0.717) is 28.5 Å². The number of nitrogens with one attached hydrogen (secondary N) is 1. The second-order valence-electron chi connectivity index (χ2n) is 6.38. The lowest BCUT2D eigenvalue weighted by atomic mass is 9.85. The molecule has 0 unspecified atom stereocenters. The van der Waals surface area contributed by atoms with E-state index in [1.807, 2.05) is 6.07 Å². The Morgan fingerprint density at radius 1 is 1.12 bits per heavy atom. The lowest BCUT2D eigenvalue weighted by Gasteiger charge is -2.41. The van der Waals surface area contributed by atoms with Crippen molar-refractivity contribution in [2.75, 3.05) is 53.6 Å². The molecule has 2 heterocycles. The number of methoxy groups -OCH3 is 2. The van der Waals surface area contributed by atoms with Crippen LogP contribution in [-0.4, -0.2) is 58.5 Å². The Kier molecular flexibility index (Phi) is 10.4. The molecule has 1 aromatic carbocycles. The SMILES string of the molecule is COc1ccc([C@@H](C2CCOCC2)N2CCNCC2)c(Cl)c1OC.Cl.Cl.